The van der Waals surface area contributed by atoms with Gasteiger partial charge < -0.3 is 9.32 Å². The molecule has 20 heavy (non-hydrogen) atoms. The lowest BCUT2D eigenvalue weighted by Crippen LogP contribution is -2.26. The van der Waals surface area contributed by atoms with Crippen LogP contribution in [0.25, 0.3) is 0 Å². The third-order valence-corrected chi connectivity index (χ3v) is 3.37. The summed E-state index contributed by atoms with van der Waals surface area (Å²) in [5.74, 6) is -0.613. The van der Waals surface area contributed by atoms with E-state index in [1.807, 2.05) is 6.07 Å². The van der Waals surface area contributed by atoms with Gasteiger partial charge in [0, 0.05) is 18.9 Å². The molecule has 7 nitrogen and oxygen atoms in total. The highest BCUT2D eigenvalue weighted by molar-refractivity contribution is 5.93. The molecule has 1 aliphatic rings. The van der Waals surface area contributed by atoms with Crippen molar-refractivity contribution in [2.24, 2.45) is 0 Å². The van der Waals surface area contributed by atoms with Crippen LogP contribution >= 0.6 is 0 Å². The van der Waals surface area contributed by atoms with E-state index in [9.17, 15) is 9.59 Å². The van der Waals surface area contributed by atoms with Gasteiger partial charge in [0.15, 0.2) is 0 Å². The lowest BCUT2D eigenvalue weighted by molar-refractivity contribution is 0.0771. The second-order valence-electron chi connectivity index (χ2n) is 4.85. The van der Waals surface area contributed by atoms with Gasteiger partial charge in [0.2, 0.25) is 5.89 Å². The Kier molecular flexibility index (Phi) is 3.09. The first-order chi connectivity index (χ1) is 9.63. The van der Waals surface area contributed by atoms with Gasteiger partial charge in [-0.25, -0.2) is 9.89 Å². The molecule has 0 spiro atoms. The predicted molar refractivity (Wildman–Crippen MR) is 69.2 cm³/mol. The molecule has 1 amide bonds. The molecular weight excluding hydrogens is 260 g/mol. The molecule has 7 heteroatoms. The fraction of sp³-hybridized carbons (Fsp3) is 0.385. The van der Waals surface area contributed by atoms with Crippen molar-refractivity contribution in [1.82, 2.24) is 20.1 Å². The van der Waals surface area contributed by atoms with Crippen LogP contribution in [0, 0.1) is 0 Å². The number of rotatable bonds is 3. The number of fused-ring (bicyclic) bond motifs is 1. The molecular formula is C13H14N4O3. The van der Waals surface area contributed by atoms with Gasteiger partial charge in [0.1, 0.15) is 0 Å². The van der Waals surface area contributed by atoms with Crippen molar-refractivity contribution in [2.45, 2.75) is 25.8 Å². The number of amides is 1. The molecule has 0 aromatic carbocycles. The third-order valence-electron chi connectivity index (χ3n) is 3.37. The molecule has 2 aromatic rings. The third kappa shape index (κ3) is 2.34. The van der Waals surface area contributed by atoms with E-state index >= 15 is 0 Å². The Morgan fingerprint density at radius 1 is 1.50 bits per heavy atom. The van der Waals surface area contributed by atoms with Crippen LogP contribution in [0.4, 0.5) is 0 Å². The number of aryl methyl sites for hydroxylation is 2. The van der Waals surface area contributed by atoms with E-state index in [0.29, 0.717) is 5.56 Å². The quantitative estimate of drug-likeness (QED) is 0.880. The summed E-state index contributed by atoms with van der Waals surface area (Å²) in [5.41, 5.74) is 2.78. The predicted octanol–water partition coefficient (Wildman–Crippen LogP) is 0.519. The summed E-state index contributed by atoms with van der Waals surface area (Å²) in [7, 11) is 1.63. The van der Waals surface area contributed by atoms with Crippen LogP contribution in [-0.4, -0.2) is 33.0 Å². The molecule has 1 N–H and O–H groups in total. The first-order valence-electron chi connectivity index (χ1n) is 6.41. The van der Waals surface area contributed by atoms with Gasteiger partial charge in [-0.2, -0.15) is 0 Å². The molecule has 104 valence electrons. The number of hydrogen-bond donors (Lipinski definition) is 1. The lowest BCUT2D eigenvalue weighted by atomic mass is 10.1. The monoisotopic (exact) mass is 274 g/mol. The number of pyridine rings is 1. The smallest absolute Gasteiger partial charge is 0.391 e. The molecule has 2 aromatic heterocycles. The zero-order chi connectivity index (χ0) is 14.1. The fourth-order valence-corrected chi connectivity index (χ4v) is 2.37. The largest absolute Gasteiger partial charge is 0.434 e. The number of nitrogens with one attached hydrogen (secondary N) is 1. The van der Waals surface area contributed by atoms with Gasteiger partial charge in [-0.05, 0) is 30.9 Å². The van der Waals surface area contributed by atoms with Gasteiger partial charge in [-0.1, -0.05) is 0 Å². The number of H-pyrrole nitrogens is 1. The Morgan fingerprint density at radius 3 is 3.10 bits per heavy atom. The summed E-state index contributed by atoms with van der Waals surface area (Å²) < 4.78 is 4.78. The number of aromatic nitrogens is 3. The van der Waals surface area contributed by atoms with Crippen LogP contribution in [0.3, 0.4) is 0 Å². The molecule has 2 heterocycles. The Balaban J connectivity index is 1.76. The molecule has 0 saturated heterocycles. The number of nitrogens with zero attached hydrogens (tertiary/aromatic N) is 3. The maximum Gasteiger partial charge on any atom is 0.434 e. The first kappa shape index (κ1) is 12.6. The molecule has 1 aliphatic carbocycles. The van der Waals surface area contributed by atoms with Crippen LogP contribution < -0.4 is 5.76 Å². The number of aromatic amines is 1. The average Bonchev–Trinajstić information content (AvgIpc) is 3.05. The van der Waals surface area contributed by atoms with E-state index < -0.39 is 5.76 Å². The zero-order valence-corrected chi connectivity index (χ0v) is 11.0. The summed E-state index contributed by atoms with van der Waals surface area (Å²) >= 11 is 0. The van der Waals surface area contributed by atoms with Crippen molar-refractivity contribution in [1.29, 1.82) is 0 Å². The van der Waals surface area contributed by atoms with Crippen molar-refractivity contribution in [2.75, 3.05) is 7.05 Å². The van der Waals surface area contributed by atoms with E-state index in [1.54, 1.807) is 13.2 Å². The van der Waals surface area contributed by atoms with E-state index in [0.717, 1.165) is 30.5 Å². The maximum atomic E-state index is 12.3. The standard InChI is InChI=1S/C13H14N4O3/c1-17(7-11-15-16-13(19)20-11)12(18)9-5-8-3-2-4-10(8)14-6-9/h5-6H,2-4,7H2,1H3,(H,16,19). The average molecular weight is 274 g/mol. The minimum absolute atomic E-state index is 0.134. The Morgan fingerprint density at radius 2 is 2.35 bits per heavy atom. The zero-order valence-electron chi connectivity index (χ0n) is 11.0. The SMILES string of the molecule is CN(Cc1n[nH]c(=O)o1)C(=O)c1cnc2c(c1)CCC2. The van der Waals surface area contributed by atoms with Crippen molar-refractivity contribution in [3.8, 4) is 0 Å². The van der Waals surface area contributed by atoms with Crippen LogP contribution in [-0.2, 0) is 19.4 Å². The van der Waals surface area contributed by atoms with E-state index in [1.165, 1.54) is 4.90 Å². The molecule has 0 unspecified atom stereocenters. The van der Waals surface area contributed by atoms with Crippen molar-refractivity contribution < 1.29 is 9.21 Å². The van der Waals surface area contributed by atoms with Gasteiger partial charge in [-0.15, -0.1) is 5.10 Å². The highest BCUT2D eigenvalue weighted by Crippen LogP contribution is 2.21. The lowest BCUT2D eigenvalue weighted by Gasteiger charge is -2.15. The summed E-state index contributed by atoms with van der Waals surface area (Å²) in [6.45, 7) is 0.134. The highest BCUT2D eigenvalue weighted by atomic mass is 16.4. The van der Waals surface area contributed by atoms with Crippen LogP contribution in [0.15, 0.2) is 21.5 Å². The number of hydrogen-bond acceptors (Lipinski definition) is 5. The van der Waals surface area contributed by atoms with Crippen LogP contribution in [0.5, 0.6) is 0 Å². The molecule has 0 bridgehead atoms. The summed E-state index contributed by atoms with van der Waals surface area (Å²) in [6.07, 6.45) is 4.65. The maximum absolute atomic E-state index is 12.3. The van der Waals surface area contributed by atoms with Gasteiger partial charge in [0.25, 0.3) is 5.91 Å². The van der Waals surface area contributed by atoms with Crippen molar-refractivity contribution >= 4 is 5.91 Å². The van der Waals surface area contributed by atoms with Crippen molar-refractivity contribution in [3.63, 3.8) is 0 Å². The van der Waals surface area contributed by atoms with E-state index in [-0.39, 0.29) is 18.3 Å². The number of carbonyl (C=O) groups excluding carboxylic acids is 1. The molecule has 0 aliphatic heterocycles. The van der Waals surface area contributed by atoms with Crippen LogP contribution in [0.1, 0.15) is 33.9 Å². The molecule has 0 fully saturated rings. The second kappa shape index (κ2) is 4.92. The fourth-order valence-electron chi connectivity index (χ4n) is 2.37. The van der Waals surface area contributed by atoms with E-state index in [2.05, 4.69) is 15.2 Å². The summed E-state index contributed by atoms with van der Waals surface area (Å²) in [4.78, 5) is 28.9. The Bertz CT molecular complexity index is 704. The minimum atomic E-state index is -0.625. The second-order valence-corrected chi connectivity index (χ2v) is 4.85. The Labute approximate surface area is 114 Å². The summed E-state index contributed by atoms with van der Waals surface area (Å²) in [5, 5.41) is 5.84. The highest BCUT2D eigenvalue weighted by Gasteiger charge is 2.18. The van der Waals surface area contributed by atoms with Crippen LogP contribution in [0.2, 0.25) is 0 Å². The van der Waals surface area contributed by atoms with Gasteiger partial charge in [-0.3, -0.25) is 9.78 Å². The van der Waals surface area contributed by atoms with Crippen molar-refractivity contribution in [3.05, 3.63) is 45.5 Å². The molecule has 3 rings (SSSR count). The molecule has 0 saturated carbocycles. The normalized spacial score (nSPS) is 13.2. The molecule has 0 atom stereocenters. The topological polar surface area (TPSA) is 92.1 Å². The number of carbonyl (C=O) groups is 1. The van der Waals surface area contributed by atoms with Gasteiger partial charge >= 0.3 is 5.76 Å². The van der Waals surface area contributed by atoms with E-state index in [4.69, 9.17) is 4.42 Å². The first-order valence-corrected chi connectivity index (χ1v) is 6.41. The minimum Gasteiger partial charge on any atom is -0.391 e. The Hall–Kier alpha value is -2.44. The van der Waals surface area contributed by atoms with Gasteiger partial charge in [0.05, 0.1) is 12.1 Å². The molecule has 0 radical (unpaired) electrons. The summed E-state index contributed by atoms with van der Waals surface area (Å²) in [6, 6.07) is 1.90.